The Morgan fingerprint density at radius 2 is 2.04 bits per heavy atom. The summed E-state index contributed by atoms with van der Waals surface area (Å²) in [6.45, 7) is 8.00. The molecular formula is C23H33N3O2. The lowest BCUT2D eigenvalue weighted by atomic mass is 10.1. The highest BCUT2D eigenvalue weighted by Crippen LogP contribution is 2.18. The first-order chi connectivity index (χ1) is 13.8. The molecule has 0 bridgehead atoms. The molecular weight excluding hydrogens is 350 g/mol. The summed E-state index contributed by atoms with van der Waals surface area (Å²) in [5, 5.41) is 6.04. The third kappa shape index (κ3) is 5.94. The van der Waals surface area contributed by atoms with Gasteiger partial charge in [0.25, 0.3) is 0 Å². The minimum absolute atomic E-state index is 0.571. The zero-order chi connectivity index (χ0) is 19.6. The molecule has 1 atom stereocenters. The predicted molar refractivity (Wildman–Crippen MR) is 116 cm³/mol. The van der Waals surface area contributed by atoms with Crippen LogP contribution in [0.5, 0.6) is 0 Å². The fraction of sp³-hybridized carbons (Fsp3) is 0.522. The van der Waals surface area contributed by atoms with Crippen LogP contribution in [0.25, 0.3) is 10.8 Å². The third-order valence-corrected chi connectivity index (χ3v) is 5.18. The van der Waals surface area contributed by atoms with Crippen molar-refractivity contribution in [2.45, 2.75) is 19.8 Å². The Kier molecular flexibility index (Phi) is 8.12. The van der Waals surface area contributed by atoms with E-state index in [0.29, 0.717) is 19.1 Å². The Hall–Kier alpha value is -2.11. The van der Waals surface area contributed by atoms with Crippen molar-refractivity contribution in [1.29, 1.82) is 0 Å². The number of ether oxygens (including phenoxy) is 2. The number of hydrogen-bond acceptors (Lipinski definition) is 3. The van der Waals surface area contributed by atoms with Gasteiger partial charge in [-0.3, -0.25) is 4.99 Å². The van der Waals surface area contributed by atoms with E-state index in [4.69, 9.17) is 14.5 Å². The Morgan fingerprint density at radius 3 is 2.86 bits per heavy atom. The maximum Gasteiger partial charge on any atom is 0.193 e. The first-order valence-corrected chi connectivity index (χ1v) is 10.4. The van der Waals surface area contributed by atoms with Crippen LogP contribution >= 0.6 is 0 Å². The molecule has 2 aromatic carbocycles. The number of nitrogens with zero attached hydrogens (tertiary/aromatic N) is 2. The quantitative estimate of drug-likeness (QED) is 0.410. The molecule has 5 heteroatoms. The topological polar surface area (TPSA) is 46.1 Å². The van der Waals surface area contributed by atoms with Crippen LogP contribution in [0.3, 0.4) is 0 Å². The Morgan fingerprint density at radius 1 is 1.18 bits per heavy atom. The SMILES string of the molecule is CCNC(=NCCc1ccc2ccccc2c1)N1CCC(COCCOC)C1. The van der Waals surface area contributed by atoms with E-state index in [1.165, 1.54) is 16.3 Å². The highest BCUT2D eigenvalue weighted by Gasteiger charge is 2.24. The van der Waals surface area contributed by atoms with Crippen LogP contribution in [0.15, 0.2) is 47.5 Å². The summed E-state index contributed by atoms with van der Waals surface area (Å²) in [6, 6.07) is 15.2. The second kappa shape index (κ2) is 11.0. The zero-order valence-electron chi connectivity index (χ0n) is 17.2. The van der Waals surface area contributed by atoms with Gasteiger partial charge in [0.15, 0.2) is 5.96 Å². The fourth-order valence-electron chi connectivity index (χ4n) is 3.66. The molecule has 1 fully saturated rings. The molecule has 1 unspecified atom stereocenters. The number of rotatable bonds is 9. The monoisotopic (exact) mass is 383 g/mol. The van der Waals surface area contributed by atoms with E-state index in [1.807, 2.05) is 0 Å². The molecule has 1 N–H and O–H groups in total. The van der Waals surface area contributed by atoms with Crippen molar-refractivity contribution in [3.05, 3.63) is 48.0 Å². The molecule has 0 saturated carbocycles. The van der Waals surface area contributed by atoms with Crippen molar-refractivity contribution in [3.63, 3.8) is 0 Å². The van der Waals surface area contributed by atoms with Gasteiger partial charge in [-0.25, -0.2) is 0 Å². The smallest absolute Gasteiger partial charge is 0.193 e. The lowest BCUT2D eigenvalue weighted by molar-refractivity contribution is 0.0536. The van der Waals surface area contributed by atoms with Gasteiger partial charge >= 0.3 is 0 Å². The molecule has 1 heterocycles. The molecule has 0 aromatic heterocycles. The molecule has 2 aromatic rings. The lowest BCUT2D eigenvalue weighted by Gasteiger charge is -2.21. The fourth-order valence-corrected chi connectivity index (χ4v) is 3.66. The third-order valence-electron chi connectivity index (χ3n) is 5.18. The molecule has 0 amide bonds. The van der Waals surface area contributed by atoms with E-state index in [2.05, 4.69) is 59.6 Å². The maximum absolute atomic E-state index is 5.71. The number of guanidine groups is 1. The largest absolute Gasteiger partial charge is 0.382 e. The summed E-state index contributed by atoms with van der Waals surface area (Å²) in [7, 11) is 1.71. The van der Waals surface area contributed by atoms with Crippen molar-refractivity contribution in [2.24, 2.45) is 10.9 Å². The summed E-state index contributed by atoms with van der Waals surface area (Å²) in [6.07, 6.45) is 2.11. The first kappa shape index (κ1) is 20.6. The van der Waals surface area contributed by atoms with Crippen LogP contribution in [-0.4, -0.2) is 64.0 Å². The molecule has 3 rings (SSSR count). The number of nitrogens with one attached hydrogen (secondary N) is 1. The standard InChI is InChI=1S/C23H33N3O2/c1-3-24-23(26-13-11-20(17-26)18-28-15-14-27-2)25-12-10-19-8-9-21-6-4-5-7-22(21)16-19/h4-9,16,20H,3,10-15,17-18H2,1-2H3,(H,24,25). The van der Waals surface area contributed by atoms with Gasteiger partial charge in [-0.15, -0.1) is 0 Å². The average molecular weight is 384 g/mol. The van der Waals surface area contributed by atoms with E-state index < -0.39 is 0 Å². The summed E-state index contributed by atoms with van der Waals surface area (Å²) in [5.74, 6) is 1.60. The predicted octanol–water partition coefficient (Wildman–Crippen LogP) is 3.33. The number of hydrogen-bond donors (Lipinski definition) is 1. The Labute approximate surface area is 168 Å². The van der Waals surface area contributed by atoms with Crippen LogP contribution in [0.2, 0.25) is 0 Å². The van der Waals surface area contributed by atoms with Gasteiger partial charge in [-0.1, -0.05) is 42.5 Å². The zero-order valence-corrected chi connectivity index (χ0v) is 17.2. The van der Waals surface area contributed by atoms with Crippen molar-refractivity contribution < 1.29 is 9.47 Å². The molecule has 152 valence electrons. The summed E-state index contributed by atoms with van der Waals surface area (Å²) in [5.41, 5.74) is 1.34. The van der Waals surface area contributed by atoms with Crippen LogP contribution < -0.4 is 5.32 Å². The van der Waals surface area contributed by atoms with Crippen molar-refractivity contribution >= 4 is 16.7 Å². The van der Waals surface area contributed by atoms with Gasteiger partial charge in [0.1, 0.15) is 0 Å². The minimum Gasteiger partial charge on any atom is -0.382 e. The van der Waals surface area contributed by atoms with Crippen LogP contribution in [0, 0.1) is 5.92 Å². The van der Waals surface area contributed by atoms with Crippen LogP contribution in [0.1, 0.15) is 18.9 Å². The highest BCUT2D eigenvalue weighted by molar-refractivity contribution is 5.83. The number of aliphatic imine (C=N–C) groups is 1. The van der Waals surface area contributed by atoms with E-state index in [1.54, 1.807) is 7.11 Å². The molecule has 0 aliphatic carbocycles. The number of likely N-dealkylation sites (tertiary alicyclic amines) is 1. The minimum atomic E-state index is 0.571. The maximum atomic E-state index is 5.71. The molecule has 0 radical (unpaired) electrons. The van der Waals surface area contributed by atoms with Gasteiger partial charge < -0.3 is 19.7 Å². The van der Waals surface area contributed by atoms with Gasteiger partial charge in [-0.2, -0.15) is 0 Å². The van der Waals surface area contributed by atoms with E-state index in [-0.39, 0.29) is 0 Å². The average Bonchev–Trinajstić information content (AvgIpc) is 3.19. The molecule has 5 nitrogen and oxygen atoms in total. The molecule has 1 aliphatic rings. The van der Waals surface area contributed by atoms with Gasteiger partial charge in [-0.05, 0) is 36.1 Å². The van der Waals surface area contributed by atoms with Crippen LogP contribution in [-0.2, 0) is 15.9 Å². The summed E-state index contributed by atoms with van der Waals surface area (Å²) in [4.78, 5) is 7.25. The van der Waals surface area contributed by atoms with E-state index >= 15 is 0 Å². The molecule has 0 spiro atoms. The van der Waals surface area contributed by atoms with Gasteiger partial charge in [0.05, 0.1) is 19.8 Å². The van der Waals surface area contributed by atoms with Crippen molar-refractivity contribution in [1.82, 2.24) is 10.2 Å². The summed E-state index contributed by atoms with van der Waals surface area (Å²) < 4.78 is 10.7. The summed E-state index contributed by atoms with van der Waals surface area (Å²) >= 11 is 0. The number of methoxy groups -OCH3 is 1. The molecule has 28 heavy (non-hydrogen) atoms. The molecule has 1 saturated heterocycles. The second-order valence-electron chi connectivity index (χ2n) is 7.34. The number of benzene rings is 2. The van der Waals surface area contributed by atoms with Crippen molar-refractivity contribution in [2.75, 3.05) is 53.1 Å². The highest BCUT2D eigenvalue weighted by atomic mass is 16.5. The van der Waals surface area contributed by atoms with Gasteiger partial charge in [0, 0.05) is 39.2 Å². The van der Waals surface area contributed by atoms with Gasteiger partial charge in [0.2, 0.25) is 0 Å². The first-order valence-electron chi connectivity index (χ1n) is 10.4. The van der Waals surface area contributed by atoms with E-state index in [9.17, 15) is 0 Å². The van der Waals surface area contributed by atoms with Crippen LogP contribution in [0.4, 0.5) is 0 Å². The van der Waals surface area contributed by atoms with Crippen molar-refractivity contribution in [3.8, 4) is 0 Å². The Balaban J connectivity index is 1.52. The lowest BCUT2D eigenvalue weighted by Crippen LogP contribution is -2.40. The normalized spacial score (nSPS) is 17.4. The second-order valence-corrected chi connectivity index (χ2v) is 7.34. The Bertz CT molecular complexity index is 762. The number of fused-ring (bicyclic) bond motifs is 1. The molecule has 1 aliphatic heterocycles. The van der Waals surface area contributed by atoms with E-state index in [0.717, 1.165) is 51.6 Å².